The zero-order valence-electron chi connectivity index (χ0n) is 82.9. The lowest BCUT2D eigenvalue weighted by Gasteiger charge is -2.47. The summed E-state index contributed by atoms with van der Waals surface area (Å²) in [6.07, 6.45) is 39.3. The van der Waals surface area contributed by atoms with Crippen molar-refractivity contribution >= 4 is 5.57 Å². The summed E-state index contributed by atoms with van der Waals surface area (Å²) in [6.45, 7) is 53.6. The molecule has 7 aromatic rings. The van der Waals surface area contributed by atoms with Crippen LogP contribution in [0.25, 0.3) is 16.7 Å². The third kappa shape index (κ3) is 22.5. The highest BCUT2D eigenvalue weighted by molar-refractivity contribution is 5.86. The smallest absolute Gasteiger partial charge is 0.127 e. The Morgan fingerprint density at radius 2 is 0.643 bits per heavy atom. The zero-order chi connectivity index (χ0) is 93.7. The fourth-order valence-electron chi connectivity index (χ4n) is 23.0. The van der Waals surface area contributed by atoms with Crippen LogP contribution in [0.4, 0.5) is 0 Å². The van der Waals surface area contributed by atoms with Crippen molar-refractivity contribution in [2.45, 2.75) is 377 Å². The first kappa shape index (κ1) is 98.6. The van der Waals surface area contributed by atoms with E-state index in [1.807, 2.05) is 75.4 Å². The Morgan fingerprint density at radius 1 is 0.333 bits per heavy atom. The van der Waals surface area contributed by atoms with Crippen LogP contribution in [-0.2, 0) is 32.1 Å². The van der Waals surface area contributed by atoms with Crippen molar-refractivity contribution in [3.63, 3.8) is 0 Å². The van der Waals surface area contributed by atoms with E-state index in [1.165, 1.54) is 88.6 Å². The van der Waals surface area contributed by atoms with Gasteiger partial charge in [-0.05, 0) is 358 Å². The van der Waals surface area contributed by atoms with E-state index in [0.717, 1.165) is 212 Å². The second-order valence-corrected chi connectivity index (χ2v) is 42.6. The number of rotatable bonds is 17. The molecule has 0 spiro atoms. The molecule has 12 nitrogen and oxygen atoms in total. The van der Waals surface area contributed by atoms with Gasteiger partial charge in [-0.15, -0.1) is 0 Å². The van der Waals surface area contributed by atoms with Crippen molar-refractivity contribution in [3.8, 4) is 80.1 Å². The Balaban J connectivity index is 0.000000140. The third-order valence-electron chi connectivity index (χ3n) is 29.9. The lowest BCUT2D eigenvalue weighted by molar-refractivity contribution is 0.00741. The summed E-state index contributed by atoms with van der Waals surface area (Å²) in [5.41, 5.74) is 22.3. The van der Waals surface area contributed by atoms with Crippen LogP contribution in [0.15, 0.2) is 156 Å². The number of fused-ring (bicyclic) bond motifs is 15. The summed E-state index contributed by atoms with van der Waals surface area (Å²) in [7, 11) is 0. The molecule has 0 amide bonds. The predicted molar refractivity (Wildman–Crippen MR) is 533 cm³/mol. The van der Waals surface area contributed by atoms with Gasteiger partial charge in [-0.3, -0.25) is 0 Å². The molecule has 0 saturated carbocycles. The van der Waals surface area contributed by atoms with Gasteiger partial charge in [-0.1, -0.05) is 174 Å². The fourth-order valence-corrected chi connectivity index (χ4v) is 23.0. The molecule has 0 fully saturated rings. The Morgan fingerprint density at radius 3 is 1.00 bits per heavy atom. The van der Waals surface area contributed by atoms with Crippen LogP contribution in [0.5, 0.6) is 69.0 Å². The molecule has 17 rings (SSSR count). The summed E-state index contributed by atoms with van der Waals surface area (Å²) in [6, 6.07) is 29.8. The number of phenols is 7. The highest BCUT2D eigenvalue weighted by atomic mass is 16.5. The van der Waals surface area contributed by atoms with Crippen molar-refractivity contribution in [1.82, 2.24) is 0 Å². The monoisotopic (exact) mass is 1760 g/mol. The van der Waals surface area contributed by atoms with E-state index in [1.54, 1.807) is 12.1 Å². The molecule has 0 bridgehead atoms. The highest BCUT2D eigenvalue weighted by Crippen LogP contribution is 2.60. The lowest BCUT2D eigenvalue weighted by Crippen LogP contribution is -2.45. The van der Waals surface area contributed by atoms with Crippen LogP contribution < -0.4 is 23.7 Å². The van der Waals surface area contributed by atoms with E-state index >= 15 is 0 Å². The molecule has 0 aromatic heterocycles. The number of phenolic OH excluding ortho intramolecular Hbond substituents is 7. The predicted octanol–water partition coefficient (Wildman–Crippen LogP) is 31.1. The van der Waals surface area contributed by atoms with Crippen molar-refractivity contribution in [2.75, 3.05) is 0 Å². The van der Waals surface area contributed by atoms with E-state index in [9.17, 15) is 35.7 Å². The quantitative estimate of drug-likeness (QED) is 0.0338. The van der Waals surface area contributed by atoms with Gasteiger partial charge in [0.15, 0.2) is 0 Å². The maximum atomic E-state index is 10.7. The Labute approximate surface area is 775 Å². The summed E-state index contributed by atoms with van der Waals surface area (Å²) >= 11 is 0. The average molecular weight is 1760 g/mol. The molecule has 7 aromatic carbocycles. The number of allylic oxidation sites excluding steroid dienone is 11. The molecular weight excluding hydrogens is 1600 g/mol. The second kappa shape index (κ2) is 41.2. The fraction of sp³-hybridized carbons (Fsp3) is 0.538. The van der Waals surface area contributed by atoms with E-state index in [0.29, 0.717) is 69.8 Å². The lowest BCUT2D eigenvalue weighted by atomic mass is 9.67. The first-order valence-electron chi connectivity index (χ1n) is 49.4. The topological polar surface area (TPSA) is 188 Å². The van der Waals surface area contributed by atoms with Gasteiger partial charge in [0.05, 0.1) is 5.56 Å². The number of aromatic hydroxyl groups is 7. The molecule has 5 heterocycles. The number of aryl methyl sites for hydroxylation is 7. The van der Waals surface area contributed by atoms with Crippen LogP contribution in [0.2, 0.25) is 0 Å². The number of hydrogen-bond donors (Lipinski definition) is 7. The maximum absolute atomic E-state index is 10.7. The zero-order valence-corrected chi connectivity index (χ0v) is 82.9. The summed E-state index contributed by atoms with van der Waals surface area (Å²) in [5, 5.41) is 73.6. The average Bonchev–Trinajstić information content (AvgIpc) is 0.750. The van der Waals surface area contributed by atoms with Crippen molar-refractivity contribution in [3.05, 3.63) is 228 Å². The molecular formula is C117H158O12. The SMILES string of the molecule is C=C(C)c1ccc(C)cc1-c1c(O)cc(CCC)cc1O.CC1=C[C@H]2c3c(O)cc(C)cc3OC(C)(C)[C@@H]2CC1.CCCCCc1cc(O)c2c(c1)OC(C)(C)[C@@H]1CC=C(C)C[C@@H]21.CCCCCc1cc(O)c2c(c1)OC(C)(C)[C@@H]1CCC(C)=C[C@@H]21.CCCCc1cc(O)c2c(c1)OC(C)(C)[C@@H]1CCC(C)=C[C@@H]21.CCCc1cc(O)c2c(c1)OC(C)(C)[C@@H]1CCC(C)=C[C@@H]21. The van der Waals surface area contributed by atoms with Gasteiger partial charge < -0.3 is 59.4 Å². The molecule has 698 valence electrons. The molecule has 0 unspecified atom stereocenters. The standard InChI is InChI=1S/2C21H30O2.C20H28O2.C19H26O2.C19H22O2.C17H22O2/c2*1-5-6-7-8-15-12-18(22)20-16-11-14(2)9-10-17(16)21(3,4)23-19(20)13-15;1-5-6-7-14-11-17(21)19-15-10-13(2)8-9-16(15)20(3,4)22-18(19)12-14;1-5-6-13-10-16(20)18-14-9-12(2)7-8-15(14)19(3,4)21-17(18)11-13;1-5-6-14-10-17(20)19(18(21)11-14)16-9-13(4)7-8-15(16)12(2)3;1-10-5-6-13-12(7-10)16-14(18)8-11(2)9-15(16)19-17(13,3)4/h11-13,16-17,22H,5-10H2,1-4H3;9,12-13,16-17,22H,5-8,10-11H2,1-4H3;10-12,15-16,21H,5-9H2,1-4H3;9-11,14-15,20H,5-8H2,1-4H3;7-11,20-21H,2,5-6H2,1,3-4H3;7-9,12-13,18H,5-6H2,1-4H3/t2*16-,17-;15-,16-;14-,15-;;12-,13-/m1111.1/s1. The van der Waals surface area contributed by atoms with E-state index < -0.39 is 0 Å². The van der Waals surface area contributed by atoms with E-state index in [4.69, 9.17) is 23.7 Å². The minimum absolute atomic E-state index is 0.117. The van der Waals surface area contributed by atoms with Gasteiger partial charge in [0.2, 0.25) is 0 Å². The van der Waals surface area contributed by atoms with Crippen molar-refractivity contribution in [1.29, 1.82) is 0 Å². The van der Waals surface area contributed by atoms with Gasteiger partial charge in [-0.25, -0.2) is 0 Å². The maximum Gasteiger partial charge on any atom is 0.127 e. The molecule has 5 aliphatic carbocycles. The molecule has 10 atom stereocenters. The van der Waals surface area contributed by atoms with Gasteiger partial charge in [0.1, 0.15) is 97.0 Å². The van der Waals surface area contributed by atoms with Crippen LogP contribution in [-0.4, -0.2) is 63.8 Å². The van der Waals surface area contributed by atoms with E-state index in [-0.39, 0.29) is 63.2 Å². The number of benzene rings is 7. The van der Waals surface area contributed by atoms with Crippen LogP contribution in [0.1, 0.15) is 376 Å². The van der Waals surface area contributed by atoms with Crippen LogP contribution in [0.3, 0.4) is 0 Å². The molecule has 5 aliphatic heterocycles. The van der Waals surface area contributed by atoms with Gasteiger partial charge in [-0.2, -0.15) is 0 Å². The van der Waals surface area contributed by atoms with Crippen LogP contribution >= 0.6 is 0 Å². The van der Waals surface area contributed by atoms with Crippen LogP contribution in [0, 0.1) is 43.4 Å². The number of ether oxygens (including phenoxy) is 5. The summed E-state index contributed by atoms with van der Waals surface area (Å²) in [4.78, 5) is 0. The van der Waals surface area contributed by atoms with E-state index in [2.05, 4.69) is 200 Å². The van der Waals surface area contributed by atoms with Crippen molar-refractivity contribution in [2.24, 2.45) is 29.6 Å². The molecule has 10 aliphatic rings. The number of hydrogen-bond acceptors (Lipinski definition) is 12. The third-order valence-corrected chi connectivity index (χ3v) is 29.9. The van der Waals surface area contributed by atoms with Gasteiger partial charge >= 0.3 is 0 Å². The largest absolute Gasteiger partial charge is 0.508 e. The molecule has 0 radical (unpaired) electrons. The van der Waals surface area contributed by atoms with Crippen molar-refractivity contribution < 1.29 is 59.4 Å². The van der Waals surface area contributed by atoms with Gasteiger partial charge in [0.25, 0.3) is 0 Å². The Bertz CT molecular complexity index is 5310. The normalized spacial score (nSPS) is 23.5. The molecule has 12 heteroatoms. The molecule has 129 heavy (non-hydrogen) atoms. The minimum Gasteiger partial charge on any atom is -0.508 e. The Hall–Kier alpha value is -9.42. The number of unbranched alkanes of at least 4 members (excludes halogenated alkanes) is 5. The summed E-state index contributed by atoms with van der Waals surface area (Å²) in [5.74, 6) is 10.5. The first-order chi connectivity index (χ1) is 61.0. The highest BCUT2D eigenvalue weighted by Gasteiger charge is 2.51. The Kier molecular flexibility index (Phi) is 31.5. The molecule has 0 saturated heterocycles. The first-order valence-corrected chi connectivity index (χ1v) is 49.4. The summed E-state index contributed by atoms with van der Waals surface area (Å²) < 4.78 is 31.6. The van der Waals surface area contributed by atoms with Gasteiger partial charge in [0, 0.05) is 87.0 Å². The minimum atomic E-state index is -0.177. The molecule has 7 N–H and O–H groups in total. The second-order valence-electron chi connectivity index (χ2n) is 42.6.